The fourth-order valence-corrected chi connectivity index (χ4v) is 37.3. The van der Waals surface area contributed by atoms with Gasteiger partial charge in [0.2, 0.25) is 50.1 Å². The van der Waals surface area contributed by atoms with Crippen LogP contribution < -0.4 is 33.6 Å². The molecule has 0 saturated heterocycles. The van der Waals surface area contributed by atoms with Gasteiger partial charge in [-0.15, -0.1) is 0 Å². The average molecular weight is 2100 g/mol. The fourth-order valence-electron chi connectivity index (χ4n) is 29.3. The number of sulfonamides is 5. The molecule has 24 heteroatoms. The van der Waals surface area contributed by atoms with Gasteiger partial charge in [-0.2, -0.15) is 0 Å². The first kappa shape index (κ1) is 125. The molecule has 18 nitrogen and oxygen atoms in total. The predicted octanol–water partition coefficient (Wildman–Crippen LogP) is 28.0. The van der Waals surface area contributed by atoms with Crippen molar-refractivity contribution in [3.05, 3.63) is 72.9 Å². The van der Waals surface area contributed by atoms with Crippen LogP contribution >= 0.6 is 0 Å². The van der Waals surface area contributed by atoms with Gasteiger partial charge in [0.1, 0.15) is 0 Å². The molecular weight excluding hydrogens is 1880 g/mol. The third-order valence-electron chi connectivity index (χ3n) is 31.0. The SMILES string of the molecule is C=C(C)NC.C=S(C)(=O)NC12CC3CC(CC(C3)C1)C2.CC.CC(C)(C)C.CC(C)(C)C.CC(C)(C)C.CC(C)(C)C.CC(C)(C)C.CC(C)(C)C.CC(C)S(=O)(=O)NC12CC3CC(CC(C3)C1)C2.CCS(=O)(=O)NC12CC3CC(CC(C3)C1)C2.O=S(=O)(NC12CC3CC(CC(C3)C1)C2)C1CC1.O=S(=O)(NC12CC3CC(CC(C3)C1)C2)c1ccccc1.O=S(=O)(NC12CC3CC(CC(C3)C1)C2)c1ccccc1. The van der Waals surface area contributed by atoms with Crippen LogP contribution in [0.3, 0.4) is 0 Å². The lowest BCUT2D eigenvalue weighted by Crippen LogP contribution is -2.60. The zero-order valence-corrected chi connectivity index (χ0v) is 101. The number of hydrogen-bond donors (Lipinski definition) is 7. The second-order valence-corrected chi connectivity index (χ2v) is 71.5. The van der Waals surface area contributed by atoms with Gasteiger partial charge >= 0.3 is 0 Å². The van der Waals surface area contributed by atoms with Gasteiger partial charge in [-0.3, -0.25) is 4.21 Å². The van der Waals surface area contributed by atoms with Crippen LogP contribution in [0.25, 0.3) is 0 Å². The normalized spacial score (nSPS) is 35.6. The van der Waals surface area contributed by atoms with Crippen LogP contribution in [-0.2, 0) is 59.8 Å². The lowest BCUT2D eigenvalue weighted by Gasteiger charge is -2.57. The fraction of sp³-hybridized carbons (Fsp3) is 0.873. The van der Waals surface area contributed by atoms with Gasteiger partial charge in [0.25, 0.3) is 0 Å². The topological polar surface area (TPSA) is 272 Å². The Kier molecular flexibility index (Phi) is 43.3. The summed E-state index contributed by atoms with van der Waals surface area (Å²) in [6, 6.07) is 17.6. The van der Waals surface area contributed by atoms with Gasteiger partial charge in [0.05, 0.1) is 26.0 Å². The van der Waals surface area contributed by atoms with Crippen molar-refractivity contribution in [2.24, 2.45) is 139 Å². The lowest BCUT2D eigenvalue weighted by atomic mass is 9.53. The van der Waals surface area contributed by atoms with Crippen LogP contribution in [0.4, 0.5) is 0 Å². The molecule has 0 heterocycles. The maximum Gasteiger partial charge on any atom is 0.241 e. The Balaban J connectivity index is 0.000000195. The molecule has 2 aromatic carbocycles. The maximum absolute atomic E-state index is 12.6. The van der Waals surface area contributed by atoms with E-state index in [0.717, 1.165) is 221 Å². The van der Waals surface area contributed by atoms with Crippen molar-refractivity contribution < 1.29 is 46.3 Å². The van der Waals surface area contributed by atoms with Crippen molar-refractivity contribution in [3.8, 4) is 0 Å². The highest BCUT2D eigenvalue weighted by molar-refractivity contribution is 7.97. The Hall–Kier alpha value is -2.49. The van der Waals surface area contributed by atoms with Crippen molar-refractivity contribution in [3.63, 3.8) is 0 Å². The minimum atomic E-state index is -3.37. The molecular formula is C118H215N7O11S6. The van der Waals surface area contributed by atoms with Crippen molar-refractivity contribution in [2.75, 3.05) is 19.1 Å². The zero-order chi connectivity index (χ0) is 107. The van der Waals surface area contributed by atoms with E-state index < -0.39 is 59.8 Å². The van der Waals surface area contributed by atoms with Crippen LogP contribution in [-0.4, -0.2) is 115 Å². The summed E-state index contributed by atoms with van der Waals surface area (Å²) < 4.78 is 153. The molecule has 25 aliphatic rings. The molecule has 25 aliphatic carbocycles. The highest BCUT2D eigenvalue weighted by Crippen LogP contribution is 2.62. The summed E-state index contributed by atoms with van der Waals surface area (Å²) in [5, 5.41) is 2.46. The van der Waals surface area contributed by atoms with E-state index >= 15 is 0 Å². The van der Waals surface area contributed by atoms with E-state index in [-0.39, 0.29) is 49.5 Å². The van der Waals surface area contributed by atoms with E-state index in [4.69, 9.17) is 0 Å². The van der Waals surface area contributed by atoms with E-state index in [1.54, 1.807) is 75.6 Å². The number of benzene rings is 2. The molecule has 142 heavy (non-hydrogen) atoms. The molecule has 0 radical (unpaired) electrons. The summed E-state index contributed by atoms with van der Waals surface area (Å²) in [5.41, 5.74) is 3.75. The van der Waals surface area contributed by atoms with E-state index in [1.165, 1.54) is 135 Å². The summed E-state index contributed by atoms with van der Waals surface area (Å²) in [5.74, 6) is 18.4. The largest absolute Gasteiger partial charge is 0.392 e. The maximum atomic E-state index is 12.6. The number of rotatable bonds is 18. The third-order valence-corrected chi connectivity index (χ3v) is 40.5. The van der Waals surface area contributed by atoms with Crippen LogP contribution in [0.1, 0.15) is 452 Å². The minimum Gasteiger partial charge on any atom is -0.392 e. The number of nitrogens with one attached hydrogen (secondary N) is 7. The monoisotopic (exact) mass is 2100 g/mol. The second kappa shape index (κ2) is 49.3. The van der Waals surface area contributed by atoms with Crippen molar-refractivity contribution >= 4 is 65.7 Å². The Morgan fingerprint density at radius 2 is 0.472 bits per heavy atom. The van der Waals surface area contributed by atoms with Gasteiger partial charge in [-0.05, 0) is 447 Å². The smallest absolute Gasteiger partial charge is 0.241 e. The molecule has 824 valence electrons. The standard InChI is InChI=1S/2C16H21NO2S.C13H21NO2S.C13H23NO2S.C12H21NO2S.C12H21NOS.6C5H12.C4H9N.C2H6/c2*18-20(19,15-4-2-1-3-5-15)17-16-9-12-6-13(10-16)8-14(7-12)11-16;15-17(16,12-1-2-12)14-13-6-9-3-10(7-13)5-11(4-9)8-13;1-9(2)17(15,16)14-13-6-10-3-11(7-13)5-12(4-10)8-13;1-2-16(14,15)13-12-6-9-3-10(7-12)5-11(4-9)8-12;1-15(2,14)13-12-6-9-3-10(7-12)5-11(4-9)8-12;6*1-5(2,3)4;1-4(2)5-3;1-2/h2*1-5,12-14,17H,6-11H2;9-12,14H,1-8H2;9-12,14H,3-8H2,1-2H3;9-11,13H,2-8H2,1H3;9-11H,1,3-8H2,2H3,(H,13,14);6*1-4H3;5H,1H2,2-3H3;1-2H3. The molecule has 0 amide bonds. The first-order valence-corrected chi connectivity index (χ1v) is 66.3. The van der Waals surface area contributed by atoms with Gasteiger partial charge in [0.15, 0.2) is 0 Å². The zero-order valence-electron chi connectivity index (χ0n) is 96.3. The molecule has 0 aromatic heterocycles. The molecule has 24 bridgehead atoms. The van der Waals surface area contributed by atoms with Crippen molar-refractivity contribution in [1.29, 1.82) is 0 Å². The summed E-state index contributed by atoms with van der Waals surface area (Å²) >= 11 is 0. The van der Waals surface area contributed by atoms with Crippen LogP contribution in [0, 0.1) is 139 Å². The molecule has 2 aromatic rings. The Morgan fingerprint density at radius 1 is 0.310 bits per heavy atom. The van der Waals surface area contributed by atoms with E-state index in [1.807, 2.05) is 40.0 Å². The predicted molar refractivity (Wildman–Crippen MR) is 604 cm³/mol. The van der Waals surface area contributed by atoms with Crippen LogP contribution in [0.5, 0.6) is 0 Å². The molecule has 0 spiro atoms. The summed E-state index contributed by atoms with van der Waals surface area (Å²) in [6.45, 7) is 67.2. The summed E-state index contributed by atoms with van der Waals surface area (Å²) in [7, 11) is -16.1. The third kappa shape index (κ3) is 43.2. The first-order valence-electron chi connectivity index (χ1n) is 56.4. The van der Waals surface area contributed by atoms with Gasteiger partial charge in [-0.1, -0.05) is 223 Å². The first-order chi connectivity index (χ1) is 64.7. The quantitative estimate of drug-likeness (QED) is 0.0687. The molecule has 7 N–H and O–H groups in total. The molecule has 1 atom stereocenters. The Morgan fingerprint density at radius 3 is 0.627 bits per heavy atom. The molecule has 25 saturated carbocycles. The van der Waals surface area contributed by atoms with E-state index in [2.05, 4.69) is 212 Å². The number of hydrogen-bond acceptors (Lipinski definition) is 12. The van der Waals surface area contributed by atoms with Gasteiger partial charge in [-0.25, -0.2) is 70.4 Å². The van der Waals surface area contributed by atoms with E-state index in [0.29, 0.717) is 42.3 Å². The summed E-state index contributed by atoms with van der Waals surface area (Å²) in [4.78, 5) is 0.798. The highest BCUT2D eigenvalue weighted by Gasteiger charge is 2.59. The van der Waals surface area contributed by atoms with E-state index in [9.17, 15) is 46.3 Å². The molecule has 0 aliphatic heterocycles. The Bertz CT molecular complexity index is 4460. The second-order valence-electron chi connectivity index (χ2n) is 59.7. The molecule has 1 unspecified atom stereocenters. The number of allylic oxidation sites excluding steroid dienone is 1. The lowest BCUT2D eigenvalue weighted by molar-refractivity contribution is -0.00842. The van der Waals surface area contributed by atoms with Crippen LogP contribution in [0.15, 0.2) is 82.7 Å². The molecule has 27 rings (SSSR count). The van der Waals surface area contributed by atoms with Crippen molar-refractivity contribution in [2.45, 2.75) is 505 Å². The van der Waals surface area contributed by atoms with Gasteiger partial charge < -0.3 is 5.32 Å². The highest BCUT2D eigenvalue weighted by atomic mass is 32.2. The van der Waals surface area contributed by atoms with Crippen LogP contribution in [0.2, 0.25) is 0 Å². The van der Waals surface area contributed by atoms with Gasteiger partial charge in [0, 0.05) is 56.2 Å². The molecule has 25 fully saturated rings. The summed E-state index contributed by atoms with van der Waals surface area (Å²) in [6.07, 6.45) is 47.9. The minimum absolute atomic E-state index is 0.0316. The van der Waals surface area contributed by atoms with Crippen molar-refractivity contribution in [1.82, 2.24) is 33.6 Å². The average Bonchev–Trinajstić information content (AvgIpc) is 1.06. The Labute approximate surface area is 875 Å².